The number of oxazole rings is 1. The van der Waals surface area contributed by atoms with E-state index in [1.807, 2.05) is 20.8 Å². The van der Waals surface area contributed by atoms with Crippen molar-refractivity contribution in [3.63, 3.8) is 0 Å². The lowest BCUT2D eigenvalue weighted by Crippen LogP contribution is -2.11. The van der Waals surface area contributed by atoms with Gasteiger partial charge in [-0.25, -0.2) is 4.98 Å². The van der Waals surface area contributed by atoms with Gasteiger partial charge in [0.15, 0.2) is 0 Å². The van der Waals surface area contributed by atoms with Gasteiger partial charge in [0.05, 0.1) is 12.8 Å². The maximum atomic E-state index is 5.84. The molecule has 108 valence electrons. The van der Waals surface area contributed by atoms with Gasteiger partial charge in [-0.2, -0.15) is 15.0 Å². The first-order valence-corrected chi connectivity index (χ1v) is 6.69. The number of rotatable bonds is 6. The van der Waals surface area contributed by atoms with E-state index in [0.29, 0.717) is 18.4 Å². The van der Waals surface area contributed by atoms with Crippen LogP contribution in [-0.2, 0) is 0 Å². The van der Waals surface area contributed by atoms with E-state index in [1.165, 1.54) is 0 Å². The highest BCUT2D eigenvalue weighted by Gasteiger charge is 2.14. The van der Waals surface area contributed by atoms with Crippen LogP contribution in [0.4, 0.5) is 5.95 Å². The number of aromatic nitrogens is 4. The van der Waals surface area contributed by atoms with E-state index < -0.39 is 0 Å². The van der Waals surface area contributed by atoms with Crippen molar-refractivity contribution >= 4 is 17.5 Å². The SMILES string of the molecule is CCCOc1nc(Cl)nc(NC(C)c2ncc(C)o2)n1. The Bertz CT molecular complexity index is 575. The highest BCUT2D eigenvalue weighted by atomic mass is 35.5. The van der Waals surface area contributed by atoms with Crippen LogP contribution in [-0.4, -0.2) is 26.5 Å². The van der Waals surface area contributed by atoms with E-state index in [0.717, 1.165) is 12.2 Å². The van der Waals surface area contributed by atoms with Gasteiger partial charge in [-0.1, -0.05) is 6.92 Å². The quantitative estimate of drug-likeness (QED) is 0.877. The van der Waals surface area contributed by atoms with Crippen LogP contribution in [0.25, 0.3) is 0 Å². The molecule has 2 heterocycles. The molecule has 0 aromatic carbocycles. The molecule has 0 radical (unpaired) electrons. The Labute approximate surface area is 121 Å². The van der Waals surface area contributed by atoms with Crippen molar-refractivity contribution in [1.29, 1.82) is 0 Å². The Hall–Kier alpha value is -1.89. The first-order chi connectivity index (χ1) is 9.58. The van der Waals surface area contributed by atoms with E-state index in [1.54, 1.807) is 6.20 Å². The van der Waals surface area contributed by atoms with Gasteiger partial charge < -0.3 is 14.5 Å². The molecular formula is C12H16ClN5O2. The van der Waals surface area contributed by atoms with Gasteiger partial charge in [0.2, 0.25) is 17.1 Å². The Morgan fingerprint density at radius 2 is 2.20 bits per heavy atom. The molecule has 2 aromatic rings. The second-order valence-corrected chi connectivity index (χ2v) is 4.57. The van der Waals surface area contributed by atoms with E-state index in [-0.39, 0.29) is 17.3 Å². The minimum Gasteiger partial charge on any atom is -0.463 e. The molecule has 2 aromatic heterocycles. The second-order valence-electron chi connectivity index (χ2n) is 4.23. The number of ether oxygens (including phenoxy) is 1. The summed E-state index contributed by atoms with van der Waals surface area (Å²) in [6.45, 7) is 6.23. The van der Waals surface area contributed by atoms with Crippen molar-refractivity contribution in [3.05, 3.63) is 23.1 Å². The standard InChI is InChI=1S/C12H16ClN5O2/c1-4-5-19-12-17-10(13)16-11(18-12)15-8(3)9-14-6-7(2)20-9/h6,8H,4-5H2,1-3H3,(H,15,16,17,18). The summed E-state index contributed by atoms with van der Waals surface area (Å²) < 4.78 is 10.8. The van der Waals surface area contributed by atoms with Crippen LogP contribution >= 0.6 is 11.6 Å². The van der Waals surface area contributed by atoms with Gasteiger partial charge in [0.25, 0.3) is 0 Å². The van der Waals surface area contributed by atoms with Crippen molar-refractivity contribution in [2.75, 3.05) is 11.9 Å². The topological polar surface area (TPSA) is 86.0 Å². The molecule has 0 fully saturated rings. The van der Waals surface area contributed by atoms with Crippen LogP contribution in [0.2, 0.25) is 5.28 Å². The molecule has 0 bridgehead atoms. The molecule has 2 rings (SSSR count). The maximum absolute atomic E-state index is 5.84. The summed E-state index contributed by atoms with van der Waals surface area (Å²) in [6, 6.07) is 0.00586. The zero-order valence-electron chi connectivity index (χ0n) is 11.6. The van der Waals surface area contributed by atoms with Crippen LogP contribution < -0.4 is 10.1 Å². The van der Waals surface area contributed by atoms with Gasteiger partial charge in [0.1, 0.15) is 11.8 Å². The number of anilines is 1. The third-order valence-corrected chi connectivity index (χ3v) is 2.55. The molecule has 8 heteroatoms. The average Bonchev–Trinajstić information content (AvgIpc) is 2.82. The summed E-state index contributed by atoms with van der Waals surface area (Å²) in [4.78, 5) is 16.2. The fraction of sp³-hybridized carbons (Fsp3) is 0.500. The van der Waals surface area contributed by atoms with E-state index in [4.69, 9.17) is 20.8 Å². The zero-order chi connectivity index (χ0) is 14.5. The van der Waals surface area contributed by atoms with Crippen molar-refractivity contribution < 1.29 is 9.15 Å². The molecule has 20 heavy (non-hydrogen) atoms. The summed E-state index contributed by atoms with van der Waals surface area (Å²) in [5.41, 5.74) is 0. The first kappa shape index (κ1) is 14.5. The van der Waals surface area contributed by atoms with Gasteiger partial charge in [-0.15, -0.1) is 0 Å². The van der Waals surface area contributed by atoms with Gasteiger partial charge in [-0.05, 0) is 31.9 Å². The van der Waals surface area contributed by atoms with Crippen molar-refractivity contribution in [2.45, 2.75) is 33.2 Å². The fourth-order valence-electron chi connectivity index (χ4n) is 1.48. The van der Waals surface area contributed by atoms with Crippen molar-refractivity contribution in [1.82, 2.24) is 19.9 Å². The molecule has 0 aliphatic heterocycles. The smallest absolute Gasteiger partial charge is 0.322 e. The molecule has 0 saturated heterocycles. The Morgan fingerprint density at radius 3 is 2.85 bits per heavy atom. The molecule has 1 unspecified atom stereocenters. The highest BCUT2D eigenvalue weighted by Crippen LogP contribution is 2.18. The largest absolute Gasteiger partial charge is 0.463 e. The summed E-state index contributed by atoms with van der Waals surface area (Å²) in [5.74, 6) is 1.61. The zero-order valence-corrected chi connectivity index (χ0v) is 12.3. The van der Waals surface area contributed by atoms with Crippen LogP contribution in [0, 0.1) is 6.92 Å². The third kappa shape index (κ3) is 3.80. The molecule has 0 aliphatic rings. The minimum atomic E-state index is -0.193. The third-order valence-electron chi connectivity index (χ3n) is 2.38. The predicted molar refractivity (Wildman–Crippen MR) is 73.9 cm³/mol. The van der Waals surface area contributed by atoms with Crippen LogP contribution in [0.1, 0.15) is 38.0 Å². The average molecular weight is 298 g/mol. The lowest BCUT2D eigenvalue weighted by Gasteiger charge is -2.11. The summed E-state index contributed by atoms with van der Waals surface area (Å²) in [6.07, 6.45) is 2.52. The highest BCUT2D eigenvalue weighted by molar-refractivity contribution is 6.28. The Kier molecular flexibility index (Phi) is 4.73. The fourth-order valence-corrected chi connectivity index (χ4v) is 1.63. The van der Waals surface area contributed by atoms with Crippen LogP contribution in [0.3, 0.4) is 0 Å². The number of aryl methyl sites for hydroxylation is 1. The summed E-state index contributed by atoms with van der Waals surface area (Å²) in [7, 11) is 0. The van der Waals surface area contributed by atoms with Crippen molar-refractivity contribution in [3.8, 4) is 6.01 Å². The van der Waals surface area contributed by atoms with Crippen molar-refractivity contribution in [2.24, 2.45) is 0 Å². The molecule has 0 spiro atoms. The first-order valence-electron chi connectivity index (χ1n) is 6.31. The molecular weight excluding hydrogens is 282 g/mol. The number of halogens is 1. The van der Waals surface area contributed by atoms with E-state index in [2.05, 4.69) is 25.3 Å². The molecule has 0 amide bonds. The number of nitrogens with one attached hydrogen (secondary N) is 1. The number of hydrogen-bond acceptors (Lipinski definition) is 7. The Morgan fingerprint density at radius 1 is 1.40 bits per heavy atom. The number of nitrogens with zero attached hydrogens (tertiary/aromatic N) is 4. The summed E-state index contributed by atoms with van der Waals surface area (Å²) in [5, 5.41) is 3.12. The van der Waals surface area contributed by atoms with Crippen LogP contribution in [0.15, 0.2) is 10.6 Å². The minimum absolute atomic E-state index is 0.0735. The Balaban J connectivity index is 2.10. The predicted octanol–water partition coefficient (Wildman–Crippen LogP) is 2.78. The van der Waals surface area contributed by atoms with E-state index in [9.17, 15) is 0 Å². The summed E-state index contributed by atoms with van der Waals surface area (Å²) >= 11 is 5.84. The van der Waals surface area contributed by atoms with Crippen LogP contribution in [0.5, 0.6) is 6.01 Å². The molecule has 0 saturated carbocycles. The number of hydrogen-bond donors (Lipinski definition) is 1. The van der Waals surface area contributed by atoms with Gasteiger partial charge in [-0.3, -0.25) is 0 Å². The second kappa shape index (κ2) is 6.51. The molecule has 7 nitrogen and oxygen atoms in total. The monoisotopic (exact) mass is 297 g/mol. The normalized spacial score (nSPS) is 12.2. The molecule has 0 aliphatic carbocycles. The van der Waals surface area contributed by atoms with E-state index >= 15 is 0 Å². The molecule has 1 atom stereocenters. The maximum Gasteiger partial charge on any atom is 0.322 e. The molecule has 1 N–H and O–H groups in total. The van der Waals surface area contributed by atoms with Gasteiger partial charge in [0, 0.05) is 0 Å². The lowest BCUT2D eigenvalue weighted by molar-refractivity contribution is 0.291. The van der Waals surface area contributed by atoms with Gasteiger partial charge >= 0.3 is 6.01 Å². The lowest BCUT2D eigenvalue weighted by atomic mass is 10.3.